The zero-order valence-electron chi connectivity index (χ0n) is 18.2. The molecule has 35 heavy (non-hydrogen) atoms. The number of rotatable bonds is 5. The Morgan fingerprint density at radius 2 is 1.71 bits per heavy atom. The normalized spacial score (nSPS) is 11.3. The van der Waals surface area contributed by atoms with E-state index in [0.717, 1.165) is 16.8 Å². The van der Waals surface area contributed by atoms with Crippen LogP contribution >= 0.6 is 23.5 Å². The zero-order chi connectivity index (χ0) is 23.8. The molecule has 0 unspecified atom stereocenters. The van der Waals surface area contributed by atoms with Crippen LogP contribution in [0.3, 0.4) is 0 Å². The van der Waals surface area contributed by atoms with E-state index < -0.39 is 0 Å². The number of hydrogen-bond donors (Lipinski definition) is 0. The minimum atomic E-state index is -0.211. The van der Waals surface area contributed by atoms with Crippen molar-refractivity contribution in [3.63, 3.8) is 0 Å². The van der Waals surface area contributed by atoms with Crippen molar-refractivity contribution in [3.8, 4) is 16.8 Å². The molecular weight excluding hydrogens is 480 g/mol. The fourth-order valence-corrected chi connectivity index (χ4v) is 5.15. The predicted octanol–water partition coefficient (Wildman–Crippen LogP) is 5.54. The largest absolute Gasteiger partial charge is 0.268 e. The number of nitrogens with zero attached hydrogens (tertiary/aromatic N) is 6. The van der Waals surface area contributed by atoms with Gasteiger partial charge < -0.3 is 0 Å². The third kappa shape index (κ3) is 3.86. The van der Waals surface area contributed by atoms with Gasteiger partial charge in [0.25, 0.3) is 5.56 Å². The molecule has 3 aromatic heterocycles. The van der Waals surface area contributed by atoms with E-state index >= 15 is 0 Å². The summed E-state index contributed by atoms with van der Waals surface area (Å²) in [6.45, 7) is 0. The second-order valence-electron chi connectivity index (χ2n) is 7.76. The summed E-state index contributed by atoms with van der Waals surface area (Å²) in [7, 11) is 0. The Kier molecular flexibility index (Phi) is 5.52. The number of benzene rings is 3. The monoisotopic (exact) mass is 496 g/mol. The van der Waals surface area contributed by atoms with Gasteiger partial charge >= 0.3 is 0 Å². The summed E-state index contributed by atoms with van der Waals surface area (Å²) in [4.78, 5) is 31.5. The second kappa shape index (κ2) is 8.98. The lowest BCUT2D eigenvalue weighted by Crippen LogP contribution is -2.24. The average molecular weight is 497 g/mol. The molecule has 0 radical (unpaired) electrons. The summed E-state index contributed by atoms with van der Waals surface area (Å²) >= 11 is 7.92. The van der Waals surface area contributed by atoms with Crippen molar-refractivity contribution in [2.75, 3.05) is 0 Å². The molecule has 6 rings (SSSR count). The summed E-state index contributed by atoms with van der Waals surface area (Å²) in [5, 5.41) is 0.772. The molecule has 3 heterocycles. The molecule has 170 valence electrons. The summed E-state index contributed by atoms with van der Waals surface area (Å²) < 4.78 is 3.52. The van der Waals surface area contributed by atoms with Gasteiger partial charge in [-0.25, -0.2) is 19.9 Å². The number of imidazole rings is 1. The second-order valence-corrected chi connectivity index (χ2v) is 9.11. The highest BCUT2D eigenvalue weighted by Gasteiger charge is 2.18. The van der Waals surface area contributed by atoms with E-state index in [4.69, 9.17) is 16.6 Å². The van der Waals surface area contributed by atoms with Crippen LogP contribution in [0.15, 0.2) is 96.4 Å². The highest BCUT2D eigenvalue weighted by molar-refractivity contribution is 7.97. The van der Waals surface area contributed by atoms with Gasteiger partial charge in [0.2, 0.25) is 0 Å². The first-order valence-electron chi connectivity index (χ1n) is 10.8. The first kappa shape index (κ1) is 21.5. The molecule has 0 N–H and O–H groups in total. The van der Waals surface area contributed by atoms with Crippen molar-refractivity contribution in [1.29, 1.82) is 0 Å². The molecule has 0 fully saturated rings. The fraction of sp³-hybridized carbons (Fsp3) is 0.0385. The van der Waals surface area contributed by atoms with Gasteiger partial charge in [-0.1, -0.05) is 66.2 Å². The highest BCUT2D eigenvalue weighted by atomic mass is 35.5. The van der Waals surface area contributed by atoms with E-state index in [0.29, 0.717) is 38.7 Å². The summed E-state index contributed by atoms with van der Waals surface area (Å²) in [5.74, 6) is 0.991. The van der Waals surface area contributed by atoms with E-state index in [1.807, 2.05) is 64.6 Å². The SMILES string of the molecule is O=c1c2c(Cl)cccc2nc(CSn2cnc3cncnc32)n1-c1ccccc1-c1ccccc1. The smallest absolute Gasteiger partial charge is 0.267 e. The Balaban J connectivity index is 1.55. The van der Waals surface area contributed by atoms with Crippen LogP contribution in [-0.2, 0) is 5.75 Å². The van der Waals surface area contributed by atoms with Crippen LogP contribution in [0.5, 0.6) is 0 Å². The fourth-order valence-electron chi connectivity index (χ4n) is 4.08. The molecule has 3 aromatic carbocycles. The molecule has 0 spiro atoms. The number of hydrogen-bond acceptors (Lipinski definition) is 6. The molecule has 0 aliphatic rings. The molecule has 0 atom stereocenters. The Morgan fingerprint density at radius 3 is 2.60 bits per heavy atom. The van der Waals surface area contributed by atoms with E-state index in [-0.39, 0.29) is 5.56 Å². The third-order valence-electron chi connectivity index (χ3n) is 5.66. The summed E-state index contributed by atoms with van der Waals surface area (Å²) in [5.41, 5.74) is 4.42. The van der Waals surface area contributed by atoms with Crippen molar-refractivity contribution < 1.29 is 0 Å². The molecule has 0 saturated carbocycles. The van der Waals surface area contributed by atoms with Crippen molar-refractivity contribution in [2.45, 2.75) is 5.75 Å². The van der Waals surface area contributed by atoms with Gasteiger partial charge in [-0.2, -0.15) is 0 Å². The van der Waals surface area contributed by atoms with Gasteiger partial charge in [0.15, 0.2) is 5.65 Å². The van der Waals surface area contributed by atoms with Gasteiger partial charge in [0, 0.05) is 5.56 Å². The van der Waals surface area contributed by atoms with Crippen LogP contribution in [0.1, 0.15) is 5.82 Å². The Morgan fingerprint density at radius 1 is 0.886 bits per heavy atom. The number of aromatic nitrogens is 6. The zero-order valence-corrected chi connectivity index (χ0v) is 19.8. The van der Waals surface area contributed by atoms with Crippen LogP contribution in [0.4, 0.5) is 0 Å². The molecule has 0 aliphatic heterocycles. The molecule has 9 heteroatoms. The first-order chi connectivity index (χ1) is 17.2. The van der Waals surface area contributed by atoms with Crippen molar-refractivity contribution >= 4 is 45.6 Å². The lowest BCUT2D eigenvalue weighted by molar-refractivity contribution is 0.884. The van der Waals surface area contributed by atoms with Gasteiger partial charge in [-0.05, 0) is 35.7 Å². The maximum atomic E-state index is 13.9. The predicted molar refractivity (Wildman–Crippen MR) is 140 cm³/mol. The highest BCUT2D eigenvalue weighted by Crippen LogP contribution is 2.29. The van der Waals surface area contributed by atoms with Crippen LogP contribution in [0.25, 0.3) is 38.9 Å². The molecule has 0 bridgehead atoms. The van der Waals surface area contributed by atoms with Gasteiger partial charge in [0.05, 0.1) is 33.6 Å². The van der Waals surface area contributed by atoms with Crippen molar-refractivity contribution in [3.05, 3.63) is 113 Å². The van der Waals surface area contributed by atoms with E-state index in [1.165, 1.54) is 18.3 Å². The Labute approximate surface area is 209 Å². The van der Waals surface area contributed by atoms with Crippen LogP contribution in [0.2, 0.25) is 5.02 Å². The molecule has 0 amide bonds. The van der Waals surface area contributed by atoms with Gasteiger partial charge in [-0.3, -0.25) is 13.3 Å². The molecule has 7 nitrogen and oxygen atoms in total. The summed E-state index contributed by atoms with van der Waals surface area (Å²) in [6.07, 6.45) is 4.85. The van der Waals surface area contributed by atoms with E-state index in [2.05, 4.69) is 15.0 Å². The minimum Gasteiger partial charge on any atom is -0.268 e. The van der Waals surface area contributed by atoms with E-state index in [1.54, 1.807) is 29.2 Å². The number of para-hydroxylation sites is 1. The maximum Gasteiger partial charge on any atom is 0.267 e. The standard InChI is InChI=1S/C26H17ClN6OS/c27-19-10-6-11-20-24(19)26(34)33(22-12-5-4-9-18(22)17-7-2-1-3-8-17)23(31-20)14-35-32-16-30-21-13-28-15-29-25(21)32/h1-13,15-16H,14H2. The van der Waals surface area contributed by atoms with E-state index in [9.17, 15) is 4.79 Å². The quantitative estimate of drug-likeness (QED) is 0.311. The molecule has 0 aliphatic carbocycles. The van der Waals surface area contributed by atoms with Crippen LogP contribution in [-0.4, -0.2) is 28.5 Å². The summed E-state index contributed by atoms with van der Waals surface area (Å²) in [6, 6.07) is 23.1. The lowest BCUT2D eigenvalue weighted by Gasteiger charge is -2.17. The lowest BCUT2D eigenvalue weighted by atomic mass is 10.0. The minimum absolute atomic E-state index is 0.211. The average Bonchev–Trinajstić information content (AvgIpc) is 3.31. The third-order valence-corrected chi connectivity index (χ3v) is 6.91. The number of halogens is 1. The Hall–Kier alpha value is -4.01. The van der Waals surface area contributed by atoms with Crippen molar-refractivity contribution in [2.24, 2.45) is 0 Å². The Bertz CT molecular complexity index is 1750. The maximum absolute atomic E-state index is 13.9. The first-order valence-corrected chi connectivity index (χ1v) is 12.1. The molecule has 0 saturated heterocycles. The van der Waals surface area contributed by atoms with Gasteiger partial charge in [0.1, 0.15) is 24.0 Å². The van der Waals surface area contributed by atoms with Gasteiger partial charge in [-0.15, -0.1) is 0 Å². The topological polar surface area (TPSA) is 78.5 Å². The molecule has 6 aromatic rings. The van der Waals surface area contributed by atoms with Crippen molar-refractivity contribution in [1.82, 2.24) is 28.5 Å². The molecular formula is C26H17ClN6OS. The van der Waals surface area contributed by atoms with Crippen LogP contribution in [0, 0.1) is 0 Å². The van der Waals surface area contributed by atoms with Crippen LogP contribution < -0.4 is 5.56 Å². The number of fused-ring (bicyclic) bond motifs is 2.